The van der Waals surface area contributed by atoms with Crippen molar-refractivity contribution < 1.29 is 14.7 Å². The highest BCUT2D eigenvalue weighted by Crippen LogP contribution is 2.27. The Labute approximate surface area is 128 Å². The van der Waals surface area contributed by atoms with Crippen LogP contribution < -0.4 is 5.32 Å². The van der Waals surface area contributed by atoms with Crippen LogP contribution in [0.1, 0.15) is 25.3 Å². The second-order valence-corrected chi connectivity index (χ2v) is 5.92. The summed E-state index contributed by atoms with van der Waals surface area (Å²) in [7, 11) is 0. The molecule has 1 aliphatic heterocycles. The molecule has 0 spiro atoms. The fourth-order valence-corrected chi connectivity index (χ4v) is 2.88. The molecule has 0 aromatic heterocycles. The molecule has 1 fully saturated rings. The Morgan fingerprint density at radius 3 is 2.81 bits per heavy atom. The summed E-state index contributed by atoms with van der Waals surface area (Å²) in [5.41, 5.74) is 1.47. The molecule has 1 aliphatic rings. The number of urea groups is 1. The number of carbonyl (C=O) groups is 2. The van der Waals surface area contributed by atoms with Crippen molar-refractivity contribution in [2.45, 2.75) is 32.7 Å². The molecule has 2 amide bonds. The number of nitrogens with one attached hydrogen (secondary N) is 1. The van der Waals surface area contributed by atoms with Gasteiger partial charge in [-0.25, -0.2) is 9.59 Å². The minimum atomic E-state index is -0.965. The van der Waals surface area contributed by atoms with Crippen LogP contribution in [0.4, 0.5) is 10.5 Å². The van der Waals surface area contributed by atoms with E-state index in [1.165, 1.54) is 4.90 Å². The number of carboxylic acids is 1. The van der Waals surface area contributed by atoms with E-state index in [0.717, 1.165) is 18.4 Å². The number of aliphatic carboxylic acids is 1. The van der Waals surface area contributed by atoms with E-state index in [4.69, 9.17) is 11.6 Å². The van der Waals surface area contributed by atoms with Gasteiger partial charge in [-0.15, -0.1) is 0 Å². The molecular weight excluding hydrogens is 292 g/mol. The van der Waals surface area contributed by atoms with Crippen LogP contribution in [-0.4, -0.2) is 34.6 Å². The molecule has 2 N–H and O–H groups in total. The van der Waals surface area contributed by atoms with Gasteiger partial charge in [0, 0.05) is 6.54 Å². The molecule has 5 nitrogen and oxygen atoms in total. The average Bonchev–Trinajstić information content (AvgIpc) is 2.42. The van der Waals surface area contributed by atoms with Gasteiger partial charge in [-0.05, 0) is 43.4 Å². The molecule has 1 aromatic carbocycles. The Morgan fingerprint density at radius 1 is 1.43 bits per heavy atom. The number of benzene rings is 1. The van der Waals surface area contributed by atoms with E-state index < -0.39 is 18.0 Å². The van der Waals surface area contributed by atoms with Crippen LogP contribution in [0.3, 0.4) is 0 Å². The molecule has 21 heavy (non-hydrogen) atoms. The SMILES string of the molecule is Cc1ccc(Cl)c(NC(=O)N2CCCC(C)C2C(=O)O)c1. The van der Waals surface area contributed by atoms with Gasteiger partial charge in [-0.1, -0.05) is 24.6 Å². The molecule has 1 aromatic rings. The predicted octanol–water partition coefficient (Wildman–Crippen LogP) is 3.37. The van der Waals surface area contributed by atoms with Crippen LogP contribution >= 0.6 is 11.6 Å². The van der Waals surface area contributed by atoms with Crippen LogP contribution in [-0.2, 0) is 4.79 Å². The summed E-state index contributed by atoms with van der Waals surface area (Å²) >= 11 is 6.06. The number of piperidine rings is 1. The van der Waals surface area contributed by atoms with E-state index in [-0.39, 0.29) is 5.92 Å². The highest BCUT2D eigenvalue weighted by molar-refractivity contribution is 6.33. The molecule has 0 aliphatic carbocycles. The monoisotopic (exact) mass is 310 g/mol. The Balaban J connectivity index is 2.18. The fraction of sp³-hybridized carbons (Fsp3) is 0.467. The molecule has 2 rings (SSSR count). The predicted molar refractivity (Wildman–Crippen MR) is 81.7 cm³/mol. The summed E-state index contributed by atoms with van der Waals surface area (Å²) in [6.45, 7) is 4.20. The number of halogens is 1. The van der Waals surface area contributed by atoms with E-state index >= 15 is 0 Å². The maximum Gasteiger partial charge on any atom is 0.326 e. The minimum Gasteiger partial charge on any atom is -0.480 e. The zero-order valence-electron chi connectivity index (χ0n) is 12.1. The maximum absolute atomic E-state index is 12.4. The van der Waals surface area contributed by atoms with E-state index in [2.05, 4.69) is 5.32 Å². The normalized spacial score (nSPS) is 22.0. The maximum atomic E-state index is 12.4. The number of carbonyl (C=O) groups excluding carboxylic acids is 1. The summed E-state index contributed by atoms with van der Waals surface area (Å²) in [4.78, 5) is 25.2. The topological polar surface area (TPSA) is 69.6 Å². The number of aryl methyl sites for hydroxylation is 1. The standard InChI is InChI=1S/C15H19ClN2O3/c1-9-5-6-11(16)12(8-9)17-15(21)18-7-3-4-10(2)13(18)14(19)20/h5-6,8,10,13H,3-4,7H2,1-2H3,(H,17,21)(H,19,20). The van der Waals surface area contributed by atoms with Crippen LogP contribution in [0, 0.1) is 12.8 Å². The summed E-state index contributed by atoms with van der Waals surface area (Å²) in [5.74, 6) is -1.03. The van der Waals surface area contributed by atoms with Gasteiger partial charge < -0.3 is 15.3 Å². The smallest absolute Gasteiger partial charge is 0.326 e. The van der Waals surface area contributed by atoms with Gasteiger partial charge in [0.1, 0.15) is 6.04 Å². The van der Waals surface area contributed by atoms with Gasteiger partial charge in [0.05, 0.1) is 10.7 Å². The zero-order chi connectivity index (χ0) is 15.6. The number of carboxylic acid groups (broad SMARTS) is 1. The summed E-state index contributed by atoms with van der Waals surface area (Å²) in [6.07, 6.45) is 1.62. The molecule has 2 atom stereocenters. The number of likely N-dealkylation sites (tertiary alicyclic amines) is 1. The Morgan fingerprint density at radius 2 is 2.14 bits per heavy atom. The minimum absolute atomic E-state index is 0.0602. The number of rotatable bonds is 2. The van der Waals surface area contributed by atoms with E-state index in [1.54, 1.807) is 12.1 Å². The van der Waals surface area contributed by atoms with Crippen LogP contribution in [0.5, 0.6) is 0 Å². The Kier molecular flexibility index (Phi) is 4.73. The van der Waals surface area contributed by atoms with Crippen molar-refractivity contribution in [2.24, 2.45) is 5.92 Å². The van der Waals surface area contributed by atoms with Crippen molar-refractivity contribution >= 4 is 29.3 Å². The first-order valence-corrected chi connectivity index (χ1v) is 7.34. The van der Waals surface area contributed by atoms with E-state index in [1.807, 2.05) is 19.9 Å². The first-order valence-electron chi connectivity index (χ1n) is 6.96. The van der Waals surface area contributed by atoms with Crippen molar-refractivity contribution in [1.82, 2.24) is 4.90 Å². The summed E-state index contributed by atoms with van der Waals surface area (Å²) in [5, 5.41) is 12.5. The molecule has 0 saturated carbocycles. The number of nitrogens with zero attached hydrogens (tertiary/aromatic N) is 1. The van der Waals surface area contributed by atoms with Crippen molar-refractivity contribution in [1.29, 1.82) is 0 Å². The second-order valence-electron chi connectivity index (χ2n) is 5.51. The quantitative estimate of drug-likeness (QED) is 0.880. The summed E-state index contributed by atoms with van der Waals surface area (Å²) in [6, 6.07) is 4.12. The number of hydrogen-bond donors (Lipinski definition) is 2. The van der Waals surface area contributed by atoms with Crippen molar-refractivity contribution in [3.8, 4) is 0 Å². The third-order valence-electron chi connectivity index (χ3n) is 3.81. The van der Waals surface area contributed by atoms with Crippen LogP contribution in [0.25, 0.3) is 0 Å². The number of amides is 2. The van der Waals surface area contributed by atoms with Gasteiger partial charge in [0.2, 0.25) is 0 Å². The lowest BCUT2D eigenvalue weighted by atomic mass is 9.91. The lowest BCUT2D eigenvalue weighted by Gasteiger charge is -2.37. The van der Waals surface area contributed by atoms with Gasteiger partial charge in [-0.2, -0.15) is 0 Å². The van der Waals surface area contributed by atoms with Gasteiger partial charge in [0.25, 0.3) is 0 Å². The molecule has 0 bridgehead atoms. The zero-order valence-corrected chi connectivity index (χ0v) is 12.9. The van der Waals surface area contributed by atoms with E-state index in [0.29, 0.717) is 17.3 Å². The molecule has 1 heterocycles. The van der Waals surface area contributed by atoms with Gasteiger partial charge in [0.15, 0.2) is 0 Å². The van der Waals surface area contributed by atoms with Crippen molar-refractivity contribution in [3.63, 3.8) is 0 Å². The fourth-order valence-electron chi connectivity index (χ4n) is 2.71. The average molecular weight is 311 g/mol. The Hall–Kier alpha value is -1.75. The Bertz CT molecular complexity index is 562. The van der Waals surface area contributed by atoms with Crippen molar-refractivity contribution in [3.05, 3.63) is 28.8 Å². The molecular formula is C15H19ClN2O3. The summed E-state index contributed by atoms with van der Waals surface area (Å²) < 4.78 is 0. The first-order chi connectivity index (χ1) is 9.90. The van der Waals surface area contributed by atoms with Crippen LogP contribution in [0.2, 0.25) is 5.02 Å². The van der Waals surface area contributed by atoms with Crippen LogP contribution in [0.15, 0.2) is 18.2 Å². The number of hydrogen-bond acceptors (Lipinski definition) is 2. The molecule has 114 valence electrons. The highest BCUT2D eigenvalue weighted by atomic mass is 35.5. The molecule has 0 radical (unpaired) electrons. The van der Waals surface area contributed by atoms with Crippen molar-refractivity contribution in [2.75, 3.05) is 11.9 Å². The molecule has 6 heteroatoms. The lowest BCUT2D eigenvalue weighted by molar-refractivity contribution is -0.145. The third-order valence-corrected chi connectivity index (χ3v) is 4.14. The van der Waals surface area contributed by atoms with Gasteiger partial charge in [-0.3, -0.25) is 0 Å². The molecule has 2 unspecified atom stereocenters. The molecule has 1 saturated heterocycles. The van der Waals surface area contributed by atoms with E-state index in [9.17, 15) is 14.7 Å². The lowest BCUT2D eigenvalue weighted by Crippen LogP contribution is -2.53. The van der Waals surface area contributed by atoms with Gasteiger partial charge >= 0.3 is 12.0 Å². The first kappa shape index (κ1) is 15.6. The second kappa shape index (κ2) is 6.35. The number of anilines is 1. The third kappa shape index (κ3) is 3.47. The largest absolute Gasteiger partial charge is 0.480 e. The highest BCUT2D eigenvalue weighted by Gasteiger charge is 2.37.